The topological polar surface area (TPSA) is 75.2 Å². The van der Waals surface area contributed by atoms with E-state index in [1.54, 1.807) is 29.2 Å². The van der Waals surface area contributed by atoms with Crippen LogP contribution in [0, 0.1) is 0 Å². The molecule has 6 nitrogen and oxygen atoms in total. The van der Waals surface area contributed by atoms with Gasteiger partial charge in [-0.1, -0.05) is 30.3 Å². The number of anilines is 2. The summed E-state index contributed by atoms with van der Waals surface area (Å²) in [5, 5.41) is 3.11. The van der Waals surface area contributed by atoms with E-state index in [1.165, 1.54) is 19.3 Å². The molecule has 0 aliphatic carbocycles. The SMILES string of the molecule is CCN(Cc1ccccc1)C(=O)c1cnc(Nc2ccc(C(C)=O)cc2)cn1. The first kappa shape index (κ1) is 19.2. The van der Waals surface area contributed by atoms with Gasteiger partial charge in [-0.25, -0.2) is 9.97 Å². The summed E-state index contributed by atoms with van der Waals surface area (Å²) in [7, 11) is 0. The summed E-state index contributed by atoms with van der Waals surface area (Å²) in [4.78, 5) is 34.3. The van der Waals surface area contributed by atoms with Crippen molar-refractivity contribution in [1.29, 1.82) is 0 Å². The Balaban J connectivity index is 1.67. The highest BCUT2D eigenvalue weighted by Gasteiger charge is 2.16. The third-order valence-electron chi connectivity index (χ3n) is 4.32. The Morgan fingerprint density at radius 1 is 0.964 bits per heavy atom. The van der Waals surface area contributed by atoms with Gasteiger partial charge >= 0.3 is 0 Å². The Labute approximate surface area is 164 Å². The molecule has 0 saturated carbocycles. The molecule has 3 rings (SSSR count). The fourth-order valence-electron chi connectivity index (χ4n) is 2.73. The Hall–Kier alpha value is -3.54. The van der Waals surface area contributed by atoms with Gasteiger partial charge in [-0.05, 0) is 43.7 Å². The second-order valence-corrected chi connectivity index (χ2v) is 6.35. The van der Waals surface area contributed by atoms with Crippen LogP contribution in [0.4, 0.5) is 11.5 Å². The lowest BCUT2D eigenvalue weighted by Gasteiger charge is -2.20. The van der Waals surface area contributed by atoms with Gasteiger partial charge in [-0.2, -0.15) is 0 Å². The monoisotopic (exact) mass is 374 g/mol. The molecule has 2 aromatic carbocycles. The van der Waals surface area contributed by atoms with Crippen molar-refractivity contribution in [3.8, 4) is 0 Å². The molecule has 0 aliphatic rings. The van der Waals surface area contributed by atoms with E-state index in [1.807, 2.05) is 37.3 Å². The summed E-state index contributed by atoms with van der Waals surface area (Å²) in [6.07, 6.45) is 3.00. The highest BCUT2D eigenvalue weighted by atomic mass is 16.2. The van der Waals surface area contributed by atoms with Gasteiger partial charge in [-0.15, -0.1) is 0 Å². The Bertz CT molecular complexity index is 939. The van der Waals surface area contributed by atoms with Gasteiger partial charge in [0, 0.05) is 24.3 Å². The molecule has 1 N–H and O–H groups in total. The standard InChI is InChI=1S/C22H22N4O2/c1-3-26(15-17-7-5-4-6-8-17)22(28)20-13-24-21(14-23-20)25-19-11-9-18(10-12-19)16(2)27/h4-14H,3,15H2,1-2H3,(H,24,25). The van der Waals surface area contributed by atoms with Crippen molar-refractivity contribution in [3.63, 3.8) is 0 Å². The lowest BCUT2D eigenvalue weighted by molar-refractivity contribution is 0.0746. The lowest BCUT2D eigenvalue weighted by Crippen LogP contribution is -2.31. The molecule has 3 aromatic rings. The second kappa shape index (κ2) is 8.90. The van der Waals surface area contributed by atoms with Crippen LogP contribution in [-0.4, -0.2) is 33.1 Å². The van der Waals surface area contributed by atoms with E-state index >= 15 is 0 Å². The molecule has 0 unspecified atom stereocenters. The van der Waals surface area contributed by atoms with Crippen molar-refractivity contribution in [1.82, 2.24) is 14.9 Å². The number of benzene rings is 2. The summed E-state index contributed by atoms with van der Waals surface area (Å²) < 4.78 is 0. The summed E-state index contributed by atoms with van der Waals surface area (Å²) in [6.45, 7) is 4.58. The Morgan fingerprint density at radius 3 is 2.25 bits per heavy atom. The number of aromatic nitrogens is 2. The molecule has 0 radical (unpaired) electrons. The van der Waals surface area contributed by atoms with E-state index in [9.17, 15) is 9.59 Å². The van der Waals surface area contributed by atoms with Gasteiger partial charge in [0.2, 0.25) is 0 Å². The molecule has 142 valence electrons. The Kier molecular flexibility index (Phi) is 6.11. The number of Topliss-reactive ketones (excluding diaryl/α,β-unsaturated/α-hetero) is 1. The average molecular weight is 374 g/mol. The van der Waals surface area contributed by atoms with Crippen LogP contribution in [0.15, 0.2) is 67.0 Å². The molecule has 0 fully saturated rings. The van der Waals surface area contributed by atoms with Crippen LogP contribution in [0.25, 0.3) is 0 Å². The van der Waals surface area contributed by atoms with Gasteiger partial charge in [0.05, 0.1) is 12.4 Å². The largest absolute Gasteiger partial charge is 0.339 e. The number of amides is 1. The van der Waals surface area contributed by atoms with Crippen molar-refractivity contribution >= 4 is 23.2 Å². The fourth-order valence-corrected chi connectivity index (χ4v) is 2.73. The van der Waals surface area contributed by atoms with Crippen molar-refractivity contribution in [2.24, 2.45) is 0 Å². The molecule has 0 bridgehead atoms. The van der Waals surface area contributed by atoms with Gasteiger partial charge < -0.3 is 10.2 Å². The zero-order chi connectivity index (χ0) is 19.9. The molecule has 1 heterocycles. The van der Waals surface area contributed by atoms with Crippen LogP contribution in [0.2, 0.25) is 0 Å². The van der Waals surface area contributed by atoms with Crippen molar-refractivity contribution in [2.75, 3.05) is 11.9 Å². The predicted octanol–water partition coefficient (Wildman–Crippen LogP) is 4.09. The predicted molar refractivity (Wildman–Crippen MR) is 109 cm³/mol. The number of nitrogens with one attached hydrogen (secondary N) is 1. The van der Waals surface area contributed by atoms with E-state index in [4.69, 9.17) is 0 Å². The van der Waals surface area contributed by atoms with Crippen LogP contribution in [-0.2, 0) is 6.54 Å². The summed E-state index contributed by atoms with van der Waals surface area (Å²) >= 11 is 0. The molecule has 1 aromatic heterocycles. The average Bonchev–Trinajstić information content (AvgIpc) is 2.73. The lowest BCUT2D eigenvalue weighted by atomic mass is 10.1. The maximum absolute atomic E-state index is 12.7. The molecule has 6 heteroatoms. The second-order valence-electron chi connectivity index (χ2n) is 6.35. The number of hydrogen-bond donors (Lipinski definition) is 1. The molecule has 28 heavy (non-hydrogen) atoms. The zero-order valence-electron chi connectivity index (χ0n) is 15.9. The number of hydrogen-bond acceptors (Lipinski definition) is 5. The molecule has 0 atom stereocenters. The fraction of sp³-hybridized carbons (Fsp3) is 0.182. The van der Waals surface area contributed by atoms with Gasteiger partial charge in [-0.3, -0.25) is 9.59 Å². The number of nitrogens with zero attached hydrogens (tertiary/aromatic N) is 3. The van der Waals surface area contributed by atoms with Crippen LogP contribution >= 0.6 is 0 Å². The highest BCUT2D eigenvalue weighted by Crippen LogP contribution is 2.16. The number of ketones is 1. The van der Waals surface area contributed by atoms with E-state index in [-0.39, 0.29) is 11.7 Å². The molecule has 1 amide bonds. The molecule has 0 spiro atoms. The van der Waals surface area contributed by atoms with Crippen LogP contribution in [0.5, 0.6) is 0 Å². The van der Waals surface area contributed by atoms with E-state index in [2.05, 4.69) is 15.3 Å². The smallest absolute Gasteiger partial charge is 0.274 e. The van der Waals surface area contributed by atoms with Crippen LogP contribution in [0.3, 0.4) is 0 Å². The van der Waals surface area contributed by atoms with E-state index in [0.717, 1.165) is 11.3 Å². The van der Waals surface area contributed by atoms with Crippen molar-refractivity contribution < 1.29 is 9.59 Å². The van der Waals surface area contributed by atoms with E-state index in [0.29, 0.717) is 30.2 Å². The third kappa shape index (κ3) is 4.79. The summed E-state index contributed by atoms with van der Waals surface area (Å²) in [6, 6.07) is 16.9. The number of carbonyl (C=O) groups is 2. The van der Waals surface area contributed by atoms with Gasteiger partial charge in [0.25, 0.3) is 5.91 Å². The maximum atomic E-state index is 12.7. The minimum atomic E-state index is -0.156. The highest BCUT2D eigenvalue weighted by molar-refractivity contribution is 5.94. The minimum absolute atomic E-state index is 0.0187. The van der Waals surface area contributed by atoms with Crippen LogP contribution < -0.4 is 5.32 Å². The molecule has 0 saturated heterocycles. The third-order valence-corrected chi connectivity index (χ3v) is 4.32. The molecular weight excluding hydrogens is 352 g/mol. The first-order valence-electron chi connectivity index (χ1n) is 9.10. The maximum Gasteiger partial charge on any atom is 0.274 e. The van der Waals surface area contributed by atoms with Gasteiger partial charge in [0.1, 0.15) is 11.5 Å². The van der Waals surface area contributed by atoms with Crippen molar-refractivity contribution in [3.05, 3.63) is 83.8 Å². The first-order chi connectivity index (χ1) is 13.6. The normalized spacial score (nSPS) is 10.4. The van der Waals surface area contributed by atoms with E-state index < -0.39 is 0 Å². The molecular formula is C22H22N4O2. The van der Waals surface area contributed by atoms with Crippen LogP contribution in [0.1, 0.15) is 40.3 Å². The summed E-state index contributed by atoms with van der Waals surface area (Å²) in [5.41, 5.74) is 2.81. The molecule has 0 aliphatic heterocycles. The summed E-state index contributed by atoms with van der Waals surface area (Å²) in [5.74, 6) is 0.389. The first-order valence-corrected chi connectivity index (χ1v) is 9.10. The number of carbonyl (C=O) groups excluding carboxylic acids is 2. The quantitative estimate of drug-likeness (QED) is 0.631. The zero-order valence-corrected chi connectivity index (χ0v) is 15.9. The Morgan fingerprint density at radius 2 is 1.68 bits per heavy atom. The van der Waals surface area contributed by atoms with Crippen molar-refractivity contribution in [2.45, 2.75) is 20.4 Å². The minimum Gasteiger partial charge on any atom is -0.339 e. The van der Waals surface area contributed by atoms with Gasteiger partial charge in [0.15, 0.2) is 5.78 Å². The number of rotatable bonds is 7.